The number of aromatic nitrogens is 2. The maximum Gasteiger partial charge on any atom is 0.141 e. The number of hydrogen-bond donors (Lipinski definition) is 0. The molecule has 1 heterocycles. The molecule has 0 radical (unpaired) electrons. The minimum absolute atomic E-state index is 0.460. The Labute approximate surface area is 193 Å². The van der Waals surface area contributed by atoms with Gasteiger partial charge in [-0.3, -0.25) is 0 Å². The van der Waals surface area contributed by atoms with Gasteiger partial charge in [0, 0.05) is 16.6 Å². The fourth-order valence-corrected chi connectivity index (χ4v) is 4.18. The van der Waals surface area contributed by atoms with E-state index >= 15 is 0 Å². The van der Waals surface area contributed by atoms with E-state index in [0.717, 1.165) is 53.1 Å². The van der Waals surface area contributed by atoms with Crippen LogP contribution in [0.1, 0.15) is 43.7 Å². The van der Waals surface area contributed by atoms with E-state index < -0.39 is 0 Å². The van der Waals surface area contributed by atoms with E-state index in [4.69, 9.17) is 9.72 Å². The van der Waals surface area contributed by atoms with Crippen molar-refractivity contribution in [3.05, 3.63) is 82.3 Å². The number of para-hydroxylation sites is 2. The Morgan fingerprint density at radius 3 is 2.52 bits per heavy atom. The Balaban J connectivity index is 1.46. The third kappa shape index (κ3) is 5.01. The van der Waals surface area contributed by atoms with E-state index in [1.807, 2.05) is 6.07 Å². The van der Waals surface area contributed by atoms with E-state index in [1.165, 1.54) is 16.6 Å². The van der Waals surface area contributed by atoms with Crippen LogP contribution in [0, 0.1) is 6.92 Å². The molecule has 0 amide bonds. The van der Waals surface area contributed by atoms with Gasteiger partial charge >= 0.3 is 0 Å². The van der Waals surface area contributed by atoms with Crippen molar-refractivity contribution < 1.29 is 4.74 Å². The van der Waals surface area contributed by atoms with Crippen LogP contribution in [-0.2, 0) is 6.54 Å². The molecular formula is C27H29BrN2O. The molecular weight excluding hydrogens is 448 g/mol. The minimum atomic E-state index is 0.460. The normalized spacial score (nSPS) is 11.4. The number of halogens is 1. The van der Waals surface area contributed by atoms with Crippen molar-refractivity contribution in [1.82, 2.24) is 9.55 Å². The molecule has 0 N–H and O–H groups in total. The summed E-state index contributed by atoms with van der Waals surface area (Å²) in [5.41, 5.74) is 5.88. The van der Waals surface area contributed by atoms with Crippen LogP contribution in [0.4, 0.5) is 0 Å². The van der Waals surface area contributed by atoms with Crippen LogP contribution in [-0.4, -0.2) is 16.2 Å². The first-order chi connectivity index (χ1) is 15.0. The summed E-state index contributed by atoms with van der Waals surface area (Å²) in [5, 5.41) is 0. The van der Waals surface area contributed by atoms with Crippen LogP contribution >= 0.6 is 15.9 Å². The van der Waals surface area contributed by atoms with E-state index in [9.17, 15) is 0 Å². The maximum atomic E-state index is 6.18. The highest BCUT2D eigenvalue weighted by molar-refractivity contribution is 9.10. The molecule has 31 heavy (non-hydrogen) atoms. The zero-order valence-corrected chi connectivity index (χ0v) is 20.0. The Hall–Kier alpha value is -2.59. The number of unbranched alkanes of at least 4 members (excludes halogenated alkanes) is 1. The van der Waals surface area contributed by atoms with Gasteiger partial charge in [0.15, 0.2) is 0 Å². The number of imidazole rings is 1. The van der Waals surface area contributed by atoms with Crippen LogP contribution in [0.3, 0.4) is 0 Å². The molecule has 0 saturated carbocycles. The molecule has 160 valence electrons. The molecule has 0 aliphatic heterocycles. The van der Waals surface area contributed by atoms with Crippen molar-refractivity contribution in [2.24, 2.45) is 0 Å². The molecule has 4 heteroatoms. The third-order valence-electron chi connectivity index (χ3n) is 5.58. The molecule has 0 fully saturated rings. The van der Waals surface area contributed by atoms with E-state index in [1.54, 1.807) is 0 Å². The number of rotatable bonds is 8. The first kappa shape index (κ1) is 21.6. The SMILES string of the molecule is Cc1ccc(C(C)C)c(OCCCCn2c(-c3ccc(Br)cc3)nc3ccccc32)c1. The molecule has 0 spiro atoms. The van der Waals surface area contributed by atoms with Crippen LogP contribution in [0.5, 0.6) is 5.75 Å². The molecule has 4 rings (SSSR count). The summed E-state index contributed by atoms with van der Waals surface area (Å²) in [4.78, 5) is 4.92. The second-order valence-electron chi connectivity index (χ2n) is 8.33. The van der Waals surface area contributed by atoms with Gasteiger partial charge < -0.3 is 9.30 Å². The molecule has 3 nitrogen and oxygen atoms in total. The Kier molecular flexibility index (Phi) is 6.77. The Morgan fingerprint density at radius 1 is 0.968 bits per heavy atom. The topological polar surface area (TPSA) is 27.1 Å². The lowest BCUT2D eigenvalue weighted by Crippen LogP contribution is -2.05. The van der Waals surface area contributed by atoms with Gasteiger partial charge in [-0.05, 0) is 67.1 Å². The number of nitrogens with zero attached hydrogens (tertiary/aromatic N) is 2. The van der Waals surface area contributed by atoms with Crippen LogP contribution in [0.25, 0.3) is 22.4 Å². The predicted octanol–water partition coefficient (Wildman–Crippen LogP) is 7.76. The predicted molar refractivity (Wildman–Crippen MR) is 133 cm³/mol. The number of fused-ring (bicyclic) bond motifs is 1. The quantitative estimate of drug-likeness (QED) is 0.243. The highest BCUT2D eigenvalue weighted by Gasteiger charge is 2.12. The van der Waals surface area contributed by atoms with Gasteiger partial charge in [0.1, 0.15) is 11.6 Å². The first-order valence-corrected chi connectivity index (χ1v) is 11.8. The van der Waals surface area contributed by atoms with E-state index in [0.29, 0.717) is 5.92 Å². The second-order valence-corrected chi connectivity index (χ2v) is 9.25. The molecule has 0 atom stereocenters. The van der Waals surface area contributed by atoms with Gasteiger partial charge in [0.05, 0.1) is 17.6 Å². The van der Waals surface area contributed by atoms with Crippen molar-refractivity contribution in [2.45, 2.75) is 46.1 Å². The van der Waals surface area contributed by atoms with Gasteiger partial charge in [-0.25, -0.2) is 4.98 Å². The average Bonchev–Trinajstić information content (AvgIpc) is 3.12. The fourth-order valence-electron chi connectivity index (χ4n) is 3.92. The Bertz CT molecular complexity index is 1160. The number of aryl methyl sites for hydroxylation is 2. The van der Waals surface area contributed by atoms with Crippen LogP contribution in [0.15, 0.2) is 71.2 Å². The molecule has 0 unspecified atom stereocenters. The van der Waals surface area contributed by atoms with Gasteiger partial charge in [0.25, 0.3) is 0 Å². The van der Waals surface area contributed by atoms with Crippen molar-refractivity contribution in [3.8, 4) is 17.1 Å². The summed E-state index contributed by atoms with van der Waals surface area (Å²) in [6.07, 6.45) is 2.03. The molecule has 3 aromatic carbocycles. The summed E-state index contributed by atoms with van der Waals surface area (Å²) >= 11 is 3.53. The molecule has 4 aromatic rings. The minimum Gasteiger partial charge on any atom is -0.493 e. The fraction of sp³-hybridized carbons (Fsp3) is 0.296. The largest absolute Gasteiger partial charge is 0.493 e. The summed E-state index contributed by atoms with van der Waals surface area (Å²) < 4.78 is 9.60. The molecule has 0 aliphatic rings. The van der Waals surface area contributed by atoms with Crippen molar-refractivity contribution >= 4 is 27.0 Å². The van der Waals surface area contributed by atoms with Crippen LogP contribution < -0.4 is 4.74 Å². The lowest BCUT2D eigenvalue weighted by Gasteiger charge is -2.15. The van der Waals surface area contributed by atoms with Crippen molar-refractivity contribution in [2.75, 3.05) is 6.61 Å². The molecule has 0 saturated heterocycles. The van der Waals surface area contributed by atoms with Crippen molar-refractivity contribution in [3.63, 3.8) is 0 Å². The zero-order valence-electron chi connectivity index (χ0n) is 18.4. The number of benzene rings is 3. The lowest BCUT2D eigenvalue weighted by molar-refractivity contribution is 0.299. The summed E-state index contributed by atoms with van der Waals surface area (Å²) in [7, 11) is 0. The molecule has 1 aromatic heterocycles. The maximum absolute atomic E-state index is 6.18. The monoisotopic (exact) mass is 476 g/mol. The average molecular weight is 477 g/mol. The van der Waals surface area contributed by atoms with Crippen LogP contribution in [0.2, 0.25) is 0 Å². The van der Waals surface area contributed by atoms with Gasteiger partial charge in [-0.1, -0.05) is 66.2 Å². The second kappa shape index (κ2) is 9.69. The van der Waals surface area contributed by atoms with Gasteiger partial charge in [-0.15, -0.1) is 0 Å². The van der Waals surface area contributed by atoms with Crippen molar-refractivity contribution in [1.29, 1.82) is 0 Å². The number of ether oxygens (including phenoxy) is 1. The highest BCUT2D eigenvalue weighted by Crippen LogP contribution is 2.29. The summed E-state index contributed by atoms with van der Waals surface area (Å²) in [5.74, 6) is 2.51. The standard InChI is InChI=1S/C27H29BrN2O/c1-19(2)23-15-10-20(3)18-26(23)31-17-7-6-16-30-25-9-5-4-8-24(25)29-27(30)21-11-13-22(28)14-12-21/h4-5,8-15,18-19H,6-7,16-17H2,1-3H3. The third-order valence-corrected chi connectivity index (χ3v) is 6.11. The molecule has 0 bridgehead atoms. The van der Waals surface area contributed by atoms with Gasteiger partial charge in [-0.2, -0.15) is 0 Å². The number of hydrogen-bond acceptors (Lipinski definition) is 2. The van der Waals surface area contributed by atoms with Gasteiger partial charge in [0.2, 0.25) is 0 Å². The zero-order chi connectivity index (χ0) is 21.8. The highest BCUT2D eigenvalue weighted by atomic mass is 79.9. The first-order valence-electron chi connectivity index (χ1n) is 11.0. The summed E-state index contributed by atoms with van der Waals surface area (Å²) in [6, 6.07) is 23.3. The molecule has 0 aliphatic carbocycles. The Morgan fingerprint density at radius 2 is 1.74 bits per heavy atom. The lowest BCUT2D eigenvalue weighted by atomic mass is 10.0. The van der Waals surface area contributed by atoms with E-state index in [-0.39, 0.29) is 0 Å². The summed E-state index contributed by atoms with van der Waals surface area (Å²) in [6.45, 7) is 8.19. The van der Waals surface area contributed by atoms with E-state index in [2.05, 4.69) is 102 Å². The smallest absolute Gasteiger partial charge is 0.141 e.